The normalized spacial score (nSPS) is 15.5. The van der Waals surface area contributed by atoms with Gasteiger partial charge in [-0.1, -0.05) is 42.5 Å². The van der Waals surface area contributed by atoms with Crippen LogP contribution in [-0.2, 0) is 4.79 Å². The van der Waals surface area contributed by atoms with Gasteiger partial charge in [-0.05, 0) is 42.3 Å². The number of carbonyl (C=O) groups is 1. The molecule has 5 heteroatoms. The number of hydrogen-bond acceptors (Lipinski definition) is 4. The predicted octanol–water partition coefficient (Wildman–Crippen LogP) is 3.94. The number of thioether (sulfide) groups is 1. The van der Waals surface area contributed by atoms with Crippen molar-refractivity contribution in [2.75, 3.05) is 0 Å². The van der Waals surface area contributed by atoms with Gasteiger partial charge in [-0.15, -0.1) is 0 Å². The Balaban J connectivity index is 1.62. The first-order valence-electron chi connectivity index (χ1n) is 7.67. The number of amides is 1. The SMILES string of the molecule is O=C(NC1CC1)[C@@H](Sc1nc2ccccc2o1)c1ccccc1. The van der Waals surface area contributed by atoms with E-state index in [1.54, 1.807) is 0 Å². The Kier molecular flexibility index (Phi) is 3.79. The molecule has 3 aromatic rings. The topological polar surface area (TPSA) is 55.1 Å². The van der Waals surface area contributed by atoms with Gasteiger partial charge in [0.25, 0.3) is 5.22 Å². The third-order valence-corrected chi connectivity index (χ3v) is 4.86. The lowest BCUT2D eigenvalue weighted by atomic mass is 10.1. The number of aromatic nitrogens is 1. The molecule has 0 radical (unpaired) electrons. The average molecular weight is 324 g/mol. The van der Waals surface area contributed by atoms with E-state index >= 15 is 0 Å². The molecule has 0 spiro atoms. The van der Waals surface area contributed by atoms with E-state index in [1.165, 1.54) is 11.8 Å². The summed E-state index contributed by atoms with van der Waals surface area (Å²) in [6, 6.07) is 17.7. The quantitative estimate of drug-likeness (QED) is 0.722. The lowest BCUT2D eigenvalue weighted by Crippen LogP contribution is -2.29. The molecular formula is C18H16N2O2S. The van der Waals surface area contributed by atoms with E-state index in [-0.39, 0.29) is 11.2 Å². The number of fused-ring (bicyclic) bond motifs is 1. The number of carbonyl (C=O) groups excluding carboxylic acids is 1. The van der Waals surface area contributed by atoms with E-state index in [0.29, 0.717) is 11.3 Å². The number of nitrogens with zero attached hydrogens (tertiary/aromatic N) is 1. The van der Waals surface area contributed by atoms with E-state index in [0.717, 1.165) is 29.5 Å². The van der Waals surface area contributed by atoms with Crippen LogP contribution in [0.2, 0.25) is 0 Å². The molecule has 1 amide bonds. The lowest BCUT2D eigenvalue weighted by molar-refractivity contribution is -0.120. The highest BCUT2D eigenvalue weighted by atomic mass is 32.2. The minimum absolute atomic E-state index is 0.0194. The average Bonchev–Trinajstić information content (AvgIpc) is 3.29. The summed E-state index contributed by atoms with van der Waals surface area (Å²) in [6.45, 7) is 0. The molecule has 1 aromatic heterocycles. The molecule has 4 nitrogen and oxygen atoms in total. The van der Waals surface area contributed by atoms with Gasteiger partial charge in [0.2, 0.25) is 5.91 Å². The fourth-order valence-corrected chi connectivity index (χ4v) is 3.37. The molecule has 1 fully saturated rings. The molecule has 23 heavy (non-hydrogen) atoms. The van der Waals surface area contributed by atoms with Gasteiger partial charge < -0.3 is 9.73 Å². The van der Waals surface area contributed by atoms with Crippen molar-refractivity contribution in [1.29, 1.82) is 0 Å². The highest BCUT2D eigenvalue weighted by molar-refractivity contribution is 8.00. The Morgan fingerprint density at radius 1 is 1.13 bits per heavy atom. The van der Waals surface area contributed by atoms with Crippen LogP contribution >= 0.6 is 11.8 Å². The maximum absolute atomic E-state index is 12.6. The predicted molar refractivity (Wildman–Crippen MR) is 90.2 cm³/mol. The fourth-order valence-electron chi connectivity index (χ4n) is 2.41. The smallest absolute Gasteiger partial charge is 0.257 e. The number of rotatable bonds is 5. The summed E-state index contributed by atoms with van der Waals surface area (Å²) in [4.78, 5) is 17.1. The van der Waals surface area contributed by atoms with Gasteiger partial charge >= 0.3 is 0 Å². The van der Waals surface area contributed by atoms with Crippen molar-refractivity contribution in [3.63, 3.8) is 0 Å². The van der Waals surface area contributed by atoms with Gasteiger partial charge in [-0.3, -0.25) is 4.79 Å². The first kappa shape index (κ1) is 14.3. The minimum Gasteiger partial charge on any atom is -0.431 e. The van der Waals surface area contributed by atoms with E-state index < -0.39 is 0 Å². The van der Waals surface area contributed by atoms with Gasteiger partial charge in [-0.25, -0.2) is 4.98 Å². The lowest BCUT2D eigenvalue weighted by Gasteiger charge is -2.14. The van der Waals surface area contributed by atoms with Crippen LogP contribution in [0.3, 0.4) is 0 Å². The molecule has 1 aliphatic rings. The molecule has 0 bridgehead atoms. The molecule has 1 aliphatic carbocycles. The number of oxazole rings is 1. The van der Waals surface area contributed by atoms with E-state index in [1.807, 2.05) is 54.6 Å². The van der Waals surface area contributed by atoms with Crippen LogP contribution in [0.5, 0.6) is 0 Å². The second kappa shape index (κ2) is 6.08. The molecule has 1 N–H and O–H groups in total. The van der Waals surface area contributed by atoms with Gasteiger partial charge in [0.1, 0.15) is 10.8 Å². The van der Waals surface area contributed by atoms with Crippen LogP contribution in [-0.4, -0.2) is 16.9 Å². The molecule has 4 rings (SSSR count). The summed E-state index contributed by atoms with van der Waals surface area (Å²) >= 11 is 1.36. The van der Waals surface area contributed by atoms with E-state index in [4.69, 9.17) is 4.42 Å². The Bertz CT molecular complexity index is 794. The van der Waals surface area contributed by atoms with Gasteiger partial charge in [0.15, 0.2) is 5.58 Å². The van der Waals surface area contributed by atoms with Crippen molar-refractivity contribution < 1.29 is 9.21 Å². The first-order chi connectivity index (χ1) is 11.3. The Hall–Kier alpha value is -2.27. The summed E-state index contributed by atoms with van der Waals surface area (Å²) in [5.41, 5.74) is 2.51. The van der Waals surface area contributed by atoms with Crippen LogP contribution in [0.1, 0.15) is 23.7 Å². The second-order valence-electron chi connectivity index (χ2n) is 5.64. The molecule has 116 valence electrons. The maximum Gasteiger partial charge on any atom is 0.257 e. The van der Waals surface area contributed by atoms with E-state index in [2.05, 4.69) is 10.3 Å². The van der Waals surface area contributed by atoms with Crippen molar-refractivity contribution in [3.05, 3.63) is 60.2 Å². The van der Waals surface area contributed by atoms with Gasteiger partial charge in [0.05, 0.1) is 0 Å². The minimum atomic E-state index is -0.357. The molecule has 1 saturated carbocycles. The van der Waals surface area contributed by atoms with Crippen molar-refractivity contribution in [2.45, 2.75) is 29.4 Å². The Morgan fingerprint density at radius 2 is 1.87 bits per heavy atom. The zero-order valence-corrected chi connectivity index (χ0v) is 13.3. The summed E-state index contributed by atoms with van der Waals surface area (Å²) in [5, 5.41) is 3.24. The zero-order chi connectivity index (χ0) is 15.6. The first-order valence-corrected chi connectivity index (χ1v) is 8.55. The van der Waals surface area contributed by atoms with Crippen LogP contribution in [0.25, 0.3) is 11.1 Å². The Labute approximate surface area is 138 Å². The van der Waals surface area contributed by atoms with Crippen LogP contribution in [0.4, 0.5) is 0 Å². The van der Waals surface area contributed by atoms with Crippen LogP contribution in [0.15, 0.2) is 64.2 Å². The van der Waals surface area contributed by atoms with Crippen LogP contribution in [0, 0.1) is 0 Å². The maximum atomic E-state index is 12.6. The van der Waals surface area contributed by atoms with Crippen molar-refractivity contribution in [3.8, 4) is 0 Å². The number of hydrogen-bond donors (Lipinski definition) is 1. The molecule has 0 saturated heterocycles. The third-order valence-electron chi connectivity index (χ3n) is 3.76. The number of benzene rings is 2. The highest BCUT2D eigenvalue weighted by Gasteiger charge is 2.30. The second-order valence-corrected chi connectivity index (χ2v) is 6.70. The molecule has 1 atom stereocenters. The third kappa shape index (κ3) is 3.24. The summed E-state index contributed by atoms with van der Waals surface area (Å²) in [5.74, 6) is 0.0194. The van der Waals surface area contributed by atoms with Gasteiger partial charge in [-0.2, -0.15) is 0 Å². The van der Waals surface area contributed by atoms with Crippen molar-refractivity contribution >= 4 is 28.8 Å². The van der Waals surface area contributed by atoms with Crippen molar-refractivity contribution in [1.82, 2.24) is 10.3 Å². The Morgan fingerprint density at radius 3 is 2.61 bits per heavy atom. The number of para-hydroxylation sites is 2. The molecule has 2 aromatic carbocycles. The fraction of sp³-hybridized carbons (Fsp3) is 0.222. The molecule has 0 aliphatic heterocycles. The largest absolute Gasteiger partial charge is 0.431 e. The van der Waals surface area contributed by atoms with E-state index in [9.17, 15) is 4.79 Å². The summed E-state index contributed by atoms with van der Waals surface area (Å²) in [7, 11) is 0. The molecule has 0 unspecified atom stereocenters. The highest BCUT2D eigenvalue weighted by Crippen LogP contribution is 2.37. The molecular weight excluding hydrogens is 308 g/mol. The number of nitrogens with one attached hydrogen (secondary N) is 1. The summed E-state index contributed by atoms with van der Waals surface area (Å²) < 4.78 is 5.76. The van der Waals surface area contributed by atoms with Gasteiger partial charge in [0, 0.05) is 6.04 Å². The zero-order valence-electron chi connectivity index (χ0n) is 12.4. The molecule has 1 heterocycles. The van der Waals surface area contributed by atoms with Crippen LogP contribution < -0.4 is 5.32 Å². The summed E-state index contributed by atoms with van der Waals surface area (Å²) in [6.07, 6.45) is 2.14. The van der Waals surface area contributed by atoms with Crippen molar-refractivity contribution in [2.24, 2.45) is 0 Å². The standard InChI is InChI=1S/C18H16N2O2S/c21-17(19-13-10-11-13)16(12-6-2-1-3-7-12)23-18-20-14-8-4-5-9-15(14)22-18/h1-9,13,16H,10-11H2,(H,19,21)/t16-/m0/s1. The monoisotopic (exact) mass is 324 g/mol.